The Morgan fingerprint density at radius 1 is 1.24 bits per heavy atom. The first kappa shape index (κ1) is 29.4. The first-order valence-corrected chi connectivity index (χ1v) is 13.8. The number of benzene rings is 2. The Morgan fingerprint density at radius 2 is 1.89 bits per heavy atom. The van der Waals surface area contributed by atoms with Gasteiger partial charge in [0.2, 0.25) is 10.0 Å². The van der Waals surface area contributed by atoms with Crippen LogP contribution >= 0.6 is 0 Å². The van der Waals surface area contributed by atoms with Crippen LogP contribution in [0.5, 0.6) is 5.75 Å². The van der Waals surface area contributed by atoms with Crippen LogP contribution in [0.3, 0.4) is 0 Å². The molecule has 1 amide bonds. The fourth-order valence-corrected chi connectivity index (χ4v) is 5.74. The molecule has 1 N–H and O–H groups in total. The number of rotatable bonds is 4. The Kier molecular flexibility index (Phi) is 9.08. The number of amides is 1. The number of likely N-dealkylation sites (N-methyl/N-ethyl adjacent to an activating group) is 1. The SMILES string of the molecule is C[C@@H]1CN([C@@H](C)CO)S(=O)(=O)c2ccc(C#Cc3cccc(F)c3)cc2O[C@H]1CN(C)C(=O)OC(C)(C)C. The normalized spacial score (nSPS) is 20.0. The van der Waals surface area contributed by atoms with Gasteiger partial charge in [-0.05, 0) is 64.1 Å². The van der Waals surface area contributed by atoms with E-state index in [9.17, 15) is 22.7 Å². The highest BCUT2D eigenvalue weighted by atomic mass is 32.2. The molecule has 10 heteroatoms. The molecule has 0 saturated carbocycles. The van der Waals surface area contributed by atoms with E-state index in [0.717, 1.165) is 0 Å². The largest absolute Gasteiger partial charge is 0.487 e. The lowest BCUT2D eigenvalue weighted by atomic mass is 10.0. The van der Waals surface area contributed by atoms with Crippen LogP contribution in [0.4, 0.5) is 9.18 Å². The molecule has 1 aliphatic heterocycles. The maximum Gasteiger partial charge on any atom is 0.410 e. The van der Waals surface area contributed by atoms with Crippen molar-refractivity contribution in [3.8, 4) is 17.6 Å². The highest BCUT2D eigenvalue weighted by Crippen LogP contribution is 2.34. The van der Waals surface area contributed by atoms with Crippen molar-refractivity contribution < 1.29 is 32.2 Å². The number of hydrogen-bond acceptors (Lipinski definition) is 6. The summed E-state index contributed by atoms with van der Waals surface area (Å²) in [6, 6.07) is 9.68. The second-order valence-corrected chi connectivity index (χ2v) is 12.4. The van der Waals surface area contributed by atoms with Crippen molar-refractivity contribution in [1.29, 1.82) is 0 Å². The van der Waals surface area contributed by atoms with Gasteiger partial charge >= 0.3 is 6.09 Å². The van der Waals surface area contributed by atoms with E-state index in [1.54, 1.807) is 52.9 Å². The second kappa shape index (κ2) is 11.7. The molecule has 8 nitrogen and oxygen atoms in total. The first-order chi connectivity index (χ1) is 17.7. The molecule has 206 valence electrons. The first-order valence-electron chi connectivity index (χ1n) is 12.4. The summed E-state index contributed by atoms with van der Waals surface area (Å²) < 4.78 is 53.8. The van der Waals surface area contributed by atoms with Gasteiger partial charge in [0.05, 0.1) is 13.2 Å². The molecule has 38 heavy (non-hydrogen) atoms. The summed E-state index contributed by atoms with van der Waals surface area (Å²) >= 11 is 0. The molecule has 0 radical (unpaired) electrons. The van der Waals surface area contributed by atoms with E-state index in [-0.39, 0.29) is 36.3 Å². The van der Waals surface area contributed by atoms with Crippen molar-refractivity contribution >= 4 is 16.1 Å². The standard InChI is InChI=1S/C28H35FN2O6S/c1-19-16-31(20(2)18-32)38(34,35)26-13-12-22(11-10-21-8-7-9-23(29)14-21)15-24(26)36-25(19)17-30(6)27(33)37-28(3,4)5/h7-9,12-15,19-20,25,32H,16-18H2,1-6H3/t19-,20+,25+/m1/s1. The molecule has 2 aromatic rings. The number of aliphatic hydroxyl groups is 1. The van der Waals surface area contributed by atoms with Gasteiger partial charge in [0.1, 0.15) is 28.2 Å². The number of nitrogens with zero attached hydrogens (tertiary/aromatic N) is 2. The number of hydrogen-bond donors (Lipinski definition) is 1. The molecule has 3 atom stereocenters. The van der Waals surface area contributed by atoms with Gasteiger partial charge in [0.15, 0.2) is 0 Å². The third-order valence-corrected chi connectivity index (χ3v) is 8.02. The van der Waals surface area contributed by atoms with Gasteiger partial charge in [-0.2, -0.15) is 4.31 Å². The van der Waals surface area contributed by atoms with Crippen LogP contribution in [0, 0.1) is 23.6 Å². The van der Waals surface area contributed by atoms with Crippen LogP contribution in [-0.4, -0.2) is 73.3 Å². The Balaban J connectivity index is 2.03. The maximum atomic E-state index is 13.6. The number of fused-ring (bicyclic) bond motifs is 1. The quantitative estimate of drug-likeness (QED) is 0.585. The molecule has 0 saturated heterocycles. The molecule has 0 aromatic heterocycles. The average molecular weight is 547 g/mol. The number of carbonyl (C=O) groups excluding carboxylic acids is 1. The van der Waals surface area contributed by atoms with Crippen LogP contribution in [0.15, 0.2) is 47.4 Å². The Labute approximate surface area is 224 Å². The topological polar surface area (TPSA) is 96.4 Å². The van der Waals surface area contributed by atoms with Crippen molar-refractivity contribution in [3.05, 3.63) is 59.4 Å². The zero-order chi connectivity index (χ0) is 28.3. The fraction of sp³-hybridized carbons (Fsp3) is 0.464. The van der Waals surface area contributed by atoms with Gasteiger partial charge in [-0.3, -0.25) is 0 Å². The van der Waals surface area contributed by atoms with Crippen LogP contribution in [0.25, 0.3) is 0 Å². The van der Waals surface area contributed by atoms with E-state index in [2.05, 4.69) is 11.8 Å². The van der Waals surface area contributed by atoms with E-state index in [1.165, 1.54) is 33.5 Å². The van der Waals surface area contributed by atoms with Gasteiger partial charge in [-0.25, -0.2) is 17.6 Å². The van der Waals surface area contributed by atoms with E-state index >= 15 is 0 Å². The Hall–Kier alpha value is -3.13. The molecular weight excluding hydrogens is 511 g/mol. The summed E-state index contributed by atoms with van der Waals surface area (Å²) in [4.78, 5) is 14.0. The van der Waals surface area contributed by atoms with Crippen LogP contribution < -0.4 is 4.74 Å². The minimum Gasteiger partial charge on any atom is -0.487 e. The van der Waals surface area contributed by atoms with Crippen LogP contribution in [-0.2, 0) is 14.8 Å². The molecule has 2 aromatic carbocycles. The van der Waals surface area contributed by atoms with Gasteiger partial charge in [0, 0.05) is 36.7 Å². The summed E-state index contributed by atoms with van der Waals surface area (Å²) in [7, 11) is -2.43. The minimum absolute atomic E-state index is 0.0640. The molecule has 0 bridgehead atoms. The van der Waals surface area contributed by atoms with E-state index < -0.39 is 39.7 Å². The molecule has 0 spiro atoms. The van der Waals surface area contributed by atoms with Crippen molar-refractivity contribution in [2.24, 2.45) is 5.92 Å². The fourth-order valence-electron chi connectivity index (χ4n) is 3.92. The smallest absolute Gasteiger partial charge is 0.410 e. The number of aliphatic hydroxyl groups excluding tert-OH is 1. The zero-order valence-electron chi connectivity index (χ0n) is 22.6. The molecular formula is C28H35FN2O6S. The molecule has 1 aliphatic rings. The van der Waals surface area contributed by atoms with Gasteiger partial charge in [-0.15, -0.1) is 0 Å². The predicted octanol–water partition coefficient (Wildman–Crippen LogP) is 3.86. The van der Waals surface area contributed by atoms with Crippen molar-refractivity contribution in [2.75, 3.05) is 26.7 Å². The zero-order valence-corrected chi connectivity index (χ0v) is 23.4. The van der Waals surface area contributed by atoms with E-state index in [0.29, 0.717) is 11.1 Å². The number of sulfonamides is 1. The van der Waals surface area contributed by atoms with Crippen LogP contribution in [0.1, 0.15) is 45.7 Å². The summed E-state index contributed by atoms with van der Waals surface area (Å²) in [6.07, 6.45) is -1.12. The van der Waals surface area contributed by atoms with Gasteiger partial charge in [0.25, 0.3) is 0 Å². The predicted molar refractivity (Wildman–Crippen MR) is 142 cm³/mol. The monoisotopic (exact) mass is 546 g/mol. The van der Waals surface area contributed by atoms with Crippen molar-refractivity contribution in [2.45, 2.75) is 57.3 Å². The van der Waals surface area contributed by atoms with Crippen LogP contribution in [0.2, 0.25) is 0 Å². The Bertz CT molecular complexity index is 1330. The molecule has 0 aliphatic carbocycles. The summed E-state index contributed by atoms with van der Waals surface area (Å²) in [6.45, 7) is 8.64. The molecule has 1 heterocycles. The lowest BCUT2D eigenvalue weighted by molar-refractivity contribution is 0.0157. The molecule has 0 fully saturated rings. The second-order valence-electron chi connectivity index (χ2n) is 10.5. The third kappa shape index (κ3) is 7.25. The van der Waals surface area contributed by atoms with Crippen molar-refractivity contribution in [1.82, 2.24) is 9.21 Å². The average Bonchev–Trinajstić information content (AvgIpc) is 2.83. The number of carbonyl (C=O) groups is 1. The highest BCUT2D eigenvalue weighted by Gasteiger charge is 2.38. The van der Waals surface area contributed by atoms with Crippen molar-refractivity contribution in [3.63, 3.8) is 0 Å². The number of halogens is 1. The lowest BCUT2D eigenvalue weighted by Crippen LogP contribution is -2.50. The summed E-state index contributed by atoms with van der Waals surface area (Å²) in [5.41, 5.74) is 0.262. The summed E-state index contributed by atoms with van der Waals surface area (Å²) in [5.74, 6) is 5.13. The highest BCUT2D eigenvalue weighted by molar-refractivity contribution is 7.89. The third-order valence-electron chi connectivity index (χ3n) is 6.00. The van der Waals surface area contributed by atoms with Gasteiger partial charge in [-0.1, -0.05) is 24.8 Å². The van der Waals surface area contributed by atoms with E-state index in [1.807, 2.05) is 6.92 Å². The van der Waals surface area contributed by atoms with E-state index in [4.69, 9.17) is 9.47 Å². The minimum atomic E-state index is -4.02. The maximum absolute atomic E-state index is 13.6. The number of ether oxygens (including phenoxy) is 2. The lowest BCUT2D eigenvalue weighted by Gasteiger charge is -2.37. The molecule has 0 unspecified atom stereocenters. The molecule has 3 rings (SSSR count). The van der Waals surface area contributed by atoms with Gasteiger partial charge < -0.3 is 19.5 Å². The summed E-state index contributed by atoms with van der Waals surface area (Å²) in [5, 5.41) is 9.80. The Morgan fingerprint density at radius 3 is 2.50 bits per heavy atom.